The number of aliphatic hydroxyl groups is 2. The number of amides is 2. The van der Waals surface area contributed by atoms with E-state index in [9.17, 15) is 14.7 Å². The van der Waals surface area contributed by atoms with E-state index in [1.807, 2.05) is 0 Å². The van der Waals surface area contributed by atoms with Crippen LogP contribution in [0, 0.1) is 0 Å². The molecule has 0 aliphatic carbocycles. The van der Waals surface area contributed by atoms with Crippen LogP contribution in [-0.2, 0) is 4.79 Å². The van der Waals surface area contributed by atoms with E-state index in [-0.39, 0.29) is 24.1 Å². The molecule has 0 saturated carbocycles. The lowest BCUT2D eigenvalue weighted by Gasteiger charge is -2.21. The van der Waals surface area contributed by atoms with Crippen molar-refractivity contribution in [3.63, 3.8) is 0 Å². The second kappa shape index (κ2) is 6.23. The van der Waals surface area contributed by atoms with Crippen LogP contribution >= 0.6 is 11.8 Å². The van der Waals surface area contributed by atoms with Crippen LogP contribution in [0.15, 0.2) is 0 Å². The van der Waals surface area contributed by atoms with Gasteiger partial charge in [0.1, 0.15) is 5.60 Å². The quantitative estimate of drug-likeness (QED) is 0.595. The molecule has 1 atom stereocenters. The lowest BCUT2D eigenvalue weighted by molar-refractivity contribution is -0.122. The summed E-state index contributed by atoms with van der Waals surface area (Å²) in [5.74, 6) is 0.545. The Balaban J connectivity index is 2.19. The van der Waals surface area contributed by atoms with E-state index in [4.69, 9.17) is 5.11 Å². The number of nitrogens with zero attached hydrogens (tertiary/aromatic N) is 1. The van der Waals surface area contributed by atoms with Crippen molar-refractivity contribution >= 4 is 22.9 Å². The van der Waals surface area contributed by atoms with E-state index in [1.165, 1.54) is 18.7 Å². The molecule has 0 radical (unpaired) electrons. The van der Waals surface area contributed by atoms with Gasteiger partial charge in [0.25, 0.3) is 5.24 Å². The summed E-state index contributed by atoms with van der Waals surface area (Å²) in [6.07, 6.45) is 0.216. The van der Waals surface area contributed by atoms with Crippen LogP contribution in [0.4, 0.5) is 4.79 Å². The van der Waals surface area contributed by atoms with Gasteiger partial charge < -0.3 is 20.4 Å². The van der Waals surface area contributed by atoms with Crippen LogP contribution in [0.1, 0.15) is 13.3 Å². The Morgan fingerprint density at radius 1 is 1.65 bits per heavy atom. The lowest BCUT2D eigenvalue weighted by atomic mass is 10.1. The Hall–Kier alpha value is -0.790. The van der Waals surface area contributed by atoms with Crippen LogP contribution in [0.25, 0.3) is 0 Å². The van der Waals surface area contributed by atoms with Crippen molar-refractivity contribution in [2.24, 2.45) is 0 Å². The standard InChI is InChI=1S/C10H18N2O4S/c1-10(16,7-13)6-11-8(14)2-3-12-4-5-17-9(12)15/h13,16H,2-7H2,1H3,(H,11,14). The number of hydrogen-bond donors (Lipinski definition) is 3. The van der Waals surface area contributed by atoms with Crippen LogP contribution in [0.5, 0.6) is 0 Å². The van der Waals surface area contributed by atoms with Crippen molar-refractivity contribution < 1.29 is 19.8 Å². The van der Waals surface area contributed by atoms with E-state index in [0.717, 1.165) is 5.75 Å². The lowest BCUT2D eigenvalue weighted by Crippen LogP contribution is -2.43. The van der Waals surface area contributed by atoms with Gasteiger partial charge in [-0.1, -0.05) is 11.8 Å². The zero-order valence-electron chi connectivity index (χ0n) is 9.81. The van der Waals surface area contributed by atoms with E-state index in [2.05, 4.69) is 5.32 Å². The highest BCUT2D eigenvalue weighted by Gasteiger charge is 2.22. The summed E-state index contributed by atoms with van der Waals surface area (Å²) in [5.41, 5.74) is -1.30. The van der Waals surface area contributed by atoms with Crippen molar-refractivity contribution in [1.29, 1.82) is 0 Å². The van der Waals surface area contributed by atoms with Gasteiger partial charge in [-0.25, -0.2) is 0 Å². The normalized spacial score (nSPS) is 19.2. The molecule has 1 rings (SSSR count). The van der Waals surface area contributed by atoms with Crippen LogP contribution in [-0.4, -0.2) is 63.9 Å². The van der Waals surface area contributed by atoms with E-state index in [0.29, 0.717) is 13.1 Å². The van der Waals surface area contributed by atoms with Crippen molar-refractivity contribution in [2.45, 2.75) is 18.9 Å². The molecule has 0 spiro atoms. The van der Waals surface area contributed by atoms with Gasteiger partial charge >= 0.3 is 0 Å². The fourth-order valence-corrected chi connectivity index (χ4v) is 2.15. The van der Waals surface area contributed by atoms with Crippen molar-refractivity contribution in [3.05, 3.63) is 0 Å². The van der Waals surface area contributed by atoms with E-state index < -0.39 is 12.2 Å². The number of carbonyl (C=O) groups is 2. The maximum atomic E-state index is 11.4. The van der Waals surface area contributed by atoms with Crippen molar-refractivity contribution in [2.75, 3.05) is 32.0 Å². The zero-order chi connectivity index (χ0) is 12.9. The van der Waals surface area contributed by atoms with Crippen LogP contribution in [0.2, 0.25) is 0 Å². The summed E-state index contributed by atoms with van der Waals surface area (Å²) in [6.45, 7) is 2.12. The Morgan fingerprint density at radius 2 is 2.35 bits per heavy atom. The summed E-state index contributed by atoms with van der Waals surface area (Å²) >= 11 is 1.26. The fourth-order valence-electron chi connectivity index (χ4n) is 1.30. The van der Waals surface area contributed by atoms with Gasteiger partial charge in [0.2, 0.25) is 5.91 Å². The Bertz CT molecular complexity index is 296. The predicted molar refractivity (Wildman–Crippen MR) is 64.8 cm³/mol. The van der Waals surface area contributed by atoms with Crippen molar-refractivity contribution in [1.82, 2.24) is 10.2 Å². The second-order valence-corrected chi connectivity index (χ2v) is 5.33. The van der Waals surface area contributed by atoms with Crippen LogP contribution < -0.4 is 5.32 Å². The number of hydrogen-bond acceptors (Lipinski definition) is 5. The molecule has 3 N–H and O–H groups in total. The molecule has 1 aliphatic rings. The molecule has 0 bridgehead atoms. The average molecular weight is 262 g/mol. The third-order valence-electron chi connectivity index (χ3n) is 2.46. The monoisotopic (exact) mass is 262 g/mol. The van der Waals surface area contributed by atoms with Gasteiger partial charge in [-0.15, -0.1) is 0 Å². The summed E-state index contributed by atoms with van der Waals surface area (Å²) < 4.78 is 0. The molecule has 1 aliphatic heterocycles. The molecule has 1 fully saturated rings. The number of aliphatic hydroxyl groups excluding tert-OH is 1. The number of nitrogens with one attached hydrogen (secondary N) is 1. The zero-order valence-corrected chi connectivity index (χ0v) is 10.6. The molecule has 1 unspecified atom stereocenters. The molecule has 1 saturated heterocycles. The summed E-state index contributed by atoms with van der Waals surface area (Å²) in [6, 6.07) is 0. The highest BCUT2D eigenvalue weighted by molar-refractivity contribution is 8.13. The molecule has 98 valence electrons. The molecule has 0 aromatic carbocycles. The van der Waals surface area contributed by atoms with Gasteiger partial charge in [0, 0.05) is 31.8 Å². The van der Waals surface area contributed by atoms with E-state index in [1.54, 1.807) is 4.90 Å². The topological polar surface area (TPSA) is 89.9 Å². The first-order chi connectivity index (χ1) is 7.94. The fraction of sp³-hybridized carbons (Fsp3) is 0.800. The summed E-state index contributed by atoms with van der Waals surface area (Å²) in [7, 11) is 0. The summed E-state index contributed by atoms with van der Waals surface area (Å²) in [5, 5.41) is 20.8. The molecule has 6 nitrogen and oxygen atoms in total. The first kappa shape index (κ1) is 14.3. The Kier molecular flexibility index (Phi) is 5.23. The molecule has 0 aromatic rings. The SMILES string of the molecule is CC(O)(CO)CNC(=O)CCN1CCSC1=O. The largest absolute Gasteiger partial charge is 0.393 e. The predicted octanol–water partition coefficient (Wildman–Crippen LogP) is -0.595. The molecule has 0 aromatic heterocycles. The third kappa shape index (κ3) is 4.93. The van der Waals surface area contributed by atoms with Gasteiger partial charge in [-0.2, -0.15) is 0 Å². The number of rotatable bonds is 6. The first-order valence-corrected chi connectivity index (χ1v) is 6.45. The Morgan fingerprint density at radius 3 is 2.88 bits per heavy atom. The summed E-state index contributed by atoms with van der Waals surface area (Å²) in [4.78, 5) is 24.3. The minimum absolute atomic E-state index is 0.00499. The number of thioether (sulfide) groups is 1. The van der Waals surface area contributed by atoms with Gasteiger partial charge in [0.05, 0.1) is 6.61 Å². The maximum Gasteiger partial charge on any atom is 0.281 e. The molecular formula is C10H18N2O4S. The maximum absolute atomic E-state index is 11.4. The van der Waals surface area contributed by atoms with Crippen LogP contribution in [0.3, 0.4) is 0 Å². The Labute approximate surface area is 104 Å². The van der Waals surface area contributed by atoms with Gasteiger partial charge in [-0.05, 0) is 6.92 Å². The molecule has 2 amide bonds. The van der Waals surface area contributed by atoms with Gasteiger partial charge in [-0.3, -0.25) is 9.59 Å². The number of carbonyl (C=O) groups excluding carboxylic acids is 2. The smallest absolute Gasteiger partial charge is 0.281 e. The average Bonchev–Trinajstić information content (AvgIpc) is 2.70. The van der Waals surface area contributed by atoms with Gasteiger partial charge in [0.15, 0.2) is 0 Å². The molecule has 17 heavy (non-hydrogen) atoms. The third-order valence-corrected chi connectivity index (χ3v) is 3.35. The minimum atomic E-state index is -1.30. The minimum Gasteiger partial charge on any atom is -0.393 e. The van der Waals surface area contributed by atoms with E-state index >= 15 is 0 Å². The molecule has 7 heteroatoms. The second-order valence-electron chi connectivity index (χ2n) is 4.28. The first-order valence-electron chi connectivity index (χ1n) is 5.46. The van der Waals surface area contributed by atoms with Crippen molar-refractivity contribution in [3.8, 4) is 0 Å². The highest BCUT2D eigenvalue weighted by atomic mass is 32.2. The molecular weight excluding hydrogens is 244 g/mol. The highest BCUT2D eigenvalue weighted by Crippen LogP contribution is 2.16. The molecule has 1 heterocycles.